The first kappa shape index (κ1) is 21.7. The lowest BCUT2D eigenvalue weighted by molar-refractivity contribution is -0.227. The van der Waals surface area contributed by atoms with Gasteiger partial charge in [-0.2, -0.15) is 31.4 Å². The van der Waals surface area contributed by atoms with Gasteiger partial charge in [0.05, 0.1) is 36.1 Å². The van der Waals surface area contributed by atoms with Gasteiger partial charge in [-0.25, -0.2) is 4.79 Å². The number of carboxylic acid groups (broad SMARTS) is 1. The maximum absolute atomic E-state index is 13.4. The highest BCUT2D eigenvalue weighted by atomic mass is 19.4. The summed E-state index contributed by atoms with van der Waals surface area (Å²) in [5.74, 6) is -2.32. The molecule has 7 nitrogen and oxygen atoms in total. The van der Waals surface area contributed by atoms with Crippen molar-refractivity contribution in [2.45, 2.75) is 49.4 Å². The van der Waals surface area contributed by atoms with Gasteiger partial charge in [0.15, 0.2) is 0 Å². The first-order chi connectivity index (χ1) is 13.4. The number of piperidine rings is 1. The van der Waals surface area contributed by atoms with Crippen LogP contribution in [0.25, 0.3) is 0 Å². The minimum absolute atomic E-state index is 0.0253. The van der Waals surface area contributed by atoms with Crippen LogP contribution in [-0.2, 0) is 10.9 Å². The minimum atomic E-state index is -4.84. The molecule has 2 unspecified atom stereocenters. The second-order valence-electron chi connectivity index (χ2n) is 7.34. The monoisotopic (exact) mass is 431 g/mol. The largest absolute Gasteiger partial charge is 0.465 e. The molecule has 164 valence electrons. The summed E-state index contributed by atoms with van der Waals surface area (Å²) in [5.41, 5.74) is -2.24. The van der Waals surface area contributed by atoms with E-state index in [1.54, 1.807) is 0 Å². The van der Waals surface area contributed by atoms with Gasteiger partial charge >= 0.3 is 18.4 Å². The van der Waals surface area contributed by atoms with Gasteiger partial charge in [-0.1, -0.05) is 0 Å². The quantitative estimate of drug-likeness (QED) is 0.719. The Labute approximate surface area is 160 Å². The number of likely N-dealkylation sites (tertiary alicyclic amines) is 1. The molecule has 0 aromatic carbocycles. The molecule has 3 rings (SSSR count). The fourth-order valence-corrected chi connectivity index (χ4v) is 3.99. The number of aliphatic hydroxyl groups excluding tert-OH is 1. The van der Waals surface area contributed by atoms with Crippen molar-refractivity contribution in [1.29, 1.82) is 0 Å². The number of carbonyl (C=O) groups is 1. The Bertz CT molecular complexity index is 742. The van der Waals surface area contributed by atoms with Gasteiger partial charge < -0.3 is 19.8 Å². The first-order valence-electron chi connectivity index (χ1n) is 8.81. The molecule has 2 fully saturated rings. The van der Waals surface area contributed by atoms with Crippen LogP contribution in [0.3, 0.4) is 0 Å². The predicted molar refractivity (Wildman–Crippen MR) is 83.9 cm³/mol. The standard InChI is InChI=1S/C16H19F6N3O4/c17-15(18,19)9-6-23-25(7-9)11-5-14(1-3-24(4-2-14)13(27)28)29-12(11)10(8-26)16(20,21)22/h6-7,10-12,26H,1-5,8H2,(H,27,28)/t10?,11?,12-/m1/s1. The molecule has 29 heavy (non-hydrogen) atoms. The van der Waals surface area contributed by atoms with Gasteiger partial charge in [-0.3, -0.25) is 4.68 Å². The zero-order valence-electron chi connectivity index (χ0n) is 14.9. The highest BCUT2D eigenvalue weighted by molar-refractivity contribution is 5.65. The van der Waals surface area contributed by atoms with Gasteiger partial charge in [-0.05, 0) is 12.8 Å². The summed E-state index contributed by atoms with van der Waals surface area (Å²) in [6.07, 6.45) is -11.1. The summed E-state index contributed by atoms with van der Waals surface area (Å²) in [6, 6.07) is -1.19. The number of nitrogens with zero attached hydrogens (tertiary/aromatic N) is 3. The molecule has 2 saturated heterocycles. The van der Waals surface area contributed by atoms with E-state index < -0.39 is 54.3 Å². The van der Waals surface area contributed by atoms with Gasteiger partial charge in [0, 0.05) is 25.7 Å². The smallest absolute Gasteiger partial charge is 0.419 e. The lowest BCUT2D eigenvalue weighted by Crippen LogP contribution is -2.47. The van der Waals surface area contributed by atoms with Crippen LogP contribution in [0.5, 0.6) is 0 Å². The molecule has 1 aromatic rings. The number of alkyl halides is 6. The number of amides is 1. The van der Waals surface area contributed by atoms with Gasteiger partial charge in [0.2, 0.25) is 0 Å². The van der Waals surface area contributed by atoms with Gasteiger partial charge in [0.25, 0.3) is 0 Å². The number of aliphatic hydroxyl groups is 1. The van der Waals surface area contributed by atoms with Gasteiger partial charge in [0.1, 0.15) is 5.92 Å². The van der Waals surface area contributed by atoms with Crippen molar-refractivity contribution in [2.75, 3.05) is 19.7 Å². The molecule has 2 N–H and O–H groups in total. The van der Waals surface area contributed by atoms with Crippen LogP contribution in [0.2, 0.25) is 0 Å². The molecule has 13 heteroatoms. The fourth-order valence-electron chi connectivity index (χ4n) is 3.99. The maximum atomic E-state index is 13.4. The second kappa shape index (κ2) is 7.35. The lowest BCUT2D eigenvalue weighted by atomic mass is 9.86. The van der Waals surface area contributed by atoms with E-state index in [-0.39, 0.29) is 32.4 Å². The molecule has 1 amide bonds. The molecular formula is C16H19F6N3O4. The third kappa shape index (κ3) is 4.29. The first-order valence-corrected chi connectivity index (χ1v) is 8.81. The minimum Gasteiger partial charge on any atom is -0.465 e. The molecule has 0 bridgehead atoms. The molecule has 3 heterocycles. The Morgan fingerprint density at radius 2 is 1.90 bits per heavy atom. The highest BCUT2D eigenvalue weighted by Gasteiger charge is 2.57. The third-order valence-electron chi connectivity index (χ3n) is 5.57. The number of ether oxygens (including phenoxy) is 1. The van der Waals surface area contributed by atoms with Crippen molar-refractivity contribution < 1.29 is 46.1 Å². The average molecular weight is 431 g/mol. The van der Waals surface area contributed by atoms with E-state index >= 15 is 0 Å². The molecule has 2 aliphatic rings. The van der Waals surface area contributed by atoms with Crippen molar-refractivity contribution in [3.63, 3.8) is 0 Å². The summed E-state index contributed by atoms with van der Waals surface area (Å²) >= 11 is 0. The van der Waals surface area contributed by atoms with E-state index in [1.807, 2.05) is 0 Å². The molecule has 3 atom stereocenters. The summed E-state index contributed by atoms with van der Waals surface area (Å²) in [7, 11) is 0. The van der Waals surface area contributed by atoms with Crippen molar-refractivity contribution in [1.82, 2.24) is 14.7 Å². The Morgan fingerprint density at radius 3 is 2.34 bits per heavy atom. The Balaban J connectivity index is 1.91. The zero-order valence-corrected chi connectivity index (χ0v) is 14.9. The number of hydrogen-bond acceptors (Lipinski definition) is 4. The number of halogens is 6. The van der Waals surface area contributed by atoms with E-state index in [2.05, 4.69) is 5.10 Å². The number of aromatic nitrogens is 2. The van der Waals surface area contributed by atoms with Crippen molar-refractivity contribution >= 4 is 6.09 Å². The Morgan fingerprint density at radius 1 is 1.28 bits per heavy atom. The zero-order chi connectivity index (χ0) is 21.6. The Hall–Kier alpha value is -2.02. The topological polar surface area (TPSA) is 87.8 Å². The maximum Gasteiger partial charge on any atom is 0.419 e. The van der Waals surface area contributed by atoms with E-state index in [0.29, 0.717) is 12.4 Å². The van der Waals surface area contributed by atoms with E-state index in [9.17, 15) is 36.2 Å². The Kier molecular flexibility index (Phi) is 5.49. The van der Waals surface area contributed by atoms with E-state index in [0.717, 1.165) is 9.58 Å². The molecular weight excluding hydrogens is 412 g/mol. The van der Waals surface area contributed by atoms with Crippen LogP contribution in [-0.4, -0.2) is 68.6 Å². The molecule has 1 aromatic heterocycles. The SMILES string of the molecule is O=C(O)N1CCC2(CC1)CC(n1cc(C(F)(F)F)cn1)[C@@H](C(CO)C(F)(F)F)O2. The van der Waals surface area contributed by atoms with Crippen LogP contribution >= 0.6 is 0 Å². The lowest BCUT2D eigenvalue weighted by Gasteiger charge is -2.38. The van der Waals surface area contributed by atoms with Crippen LogP contribution in [0.15, 0.2) is 12.4 Å². The van der Waals surface area contributed by atoms with Crippen molar-refractivity contribution in [2.24, 2.45) is 5.92 Å². The molecule has 0 aliphatic carbocycles. The normalized spacial score (nSPS) is 26.1. The van der Waals surface area contributed by atoms with Crippen molar-refractivity contribution in [3.8, 4) is 0 Å². The van der Waals surface area contributed by atoms with Gasteiger partial charge in [-0.15, -0.1) is 0 Å². The third-order valence-corrected chi connectivity index (χ3v) is 5.57. The summed E-state index contributed by atoms with van der Waals surface area (Å²) in [4.78, 5) is 12.2. The van der Waals surface area contributed by atoms with Crippen LogP contribution in [0.1, 0.15) is 30.9 Å². The molecule has 2 aliphatic heterocycles. The van der Waals surface area contributed by atoms with Crippen LogP contribution < -0.4 is 0 Å². The van der Waals surface area contributed by atoms with Crippen LogP contribution in [0, 0.1) is 5.92 Å². The number of hydrogen-bond donors (Lipinski definition) is 2. The fraction of sp³-hybridized carbons (Fsp3) is 0.750. The number of rotatable bonds is 3. The summed E-state index contributed by atoms with van der Waals surface area (Å²) in [6.45, 7) is -1.25. The molecule has 0 radical (unpaired) electrons. The molecule has 0 saturated carbocycles. The van der Waals surface area contributed by atoms with Crippen LogP contribution in [0.4, 0.5) is 31.1 Å². The molecule has 1 spiro atoms. The highest BCUT2D eigenvalue weighted by Crippen LogP contribution is 2.49. The van der Waals surface area contributed by atoms with E-state index in [1.165, 1.54) is 0 Å². The summed E-state index contributed by atoms with van der Waals surface area (Å²) < 4.78 is 85.6. The second-order valence-corrected chi connectivity index (χ2v) is 7.34. The average Bonchev–Trinajstić information content (AvgIpc) is 3.20. The predicted octanol–water partition coefficient (Wildman–Crippen LogP) is 2.92. The van der Waals surface area contributed by atoms with Crippen molar-refractivity contribution in [3.05, 3.63) is 18.0 Å². The van der Waals surface area contributed by atoms with E-state index in [4.69, 9.17) is 9.84 Å². The summed E-state index contributed by atoms with van der Waals surface area (Å²) in [5, 5.41) is 22.0.